The molecule has 0 aliphatic carbocycles. The first-order chi connectivity index (χ1) is 8.88. The molecule has 0 aromatic heterocycles. The molecule has 0 unspecified atom stereocenters. The normalized spacial score (nSPS) is 10.1. The summed E-state index contributed by atoms with van der Waals surface area (Å²) in [6.45, 7) is 0.823. The molecule has 2 aromatic rings. The molecule has 0 fully saturated rings. The van der Waals surface area contributed by atoms with Crippen molar-refractivity contribution < 1.29 is 14.2 Å². The summed E-state index contributed by atoms with van der Waals surface area (Å²) in [6, 6.07) is 17.6. The van der Waals surface area contributed by atoms with Crippen LogP contribution in [0.3, 0.4) is 0 Å². The lowest BCUT2D eigenvalue weighted by molar-refractivity contribution is 0.0511. The van der Waals surface area contributed by atoms with Crippen molar-refractivity contribution in [2.45, 2.75) is 6.61 Å². The minimum absolute atomic E-state index is 0.254. The molecule has 0 atom stereocenters. The molecule has 3 heteroatoms. The van der Waals surface area contributed by atoms with Crippen LogP contribution in [-0.4, -0.2) is 13.9 Å². The molecule has 0 radical (unpaired) electrons. The standard InChI is InChI=1S/C15H16O3/c1-16-12-18-15-9-7-14(8-10-15)17-11-13-5-3-2-4-6-13/h2-10H,11-12H2,1H3. The van der Waals surface area contributed by atoms with Crippen LogP contribution >= 0.6 is 0 Å². The molecular formula is C15H16O3. The van der Waals surface area contributed by atoms with Crippen molar-refractivity contribution in [3.8, 4) is 11.5 Å². The molecule has 3 nitrogen and oxygen atoms in total. The fourth-order valence-corrected chi connectivity index (χ4v) is 1.50. The molecule has 2 rings (SSSR count). The highest BCUT2D eigenvalue weighted by molar-refractivity contribution is 5.31. The van der Waals surface area contributed by atoms with Gasteiger partial charge in [-0.15, -0.1) is 0 Å². The summed E-state index contributed by atoms with van der Waals surface area (Å²) in [5.41, 5.74) is 1.15. The van der Waals surface area contributed by atoms with Gasteiger partial charge in [-0.1, -0.05) is 30.3 Å². The van der Waals surface area contributed by atoms with Crippen LogP contribution in [0.2, 0.25) is 0 Å². The lowest BCUT2D eigenvalue weighted by Gasteiger charge is -2.08. The Hall–Kier alpha value is -2.00. The number of methoxy groups -OCH3 is 1. The van der Waals surface area contributed by atoms with Crippen molar-refractivity contribution in [3.63, 3.8) is 0 Å². The van der Waals surface area contributed by atoms with Crippen LogP contribution in [0.1, 0.15) is 5.56 Å². The van der Waals surface area contributed by atoms with Gasteiger partial charge in [0.25, 0.3) is 0 Å². The highest BCUT2D eigenvalue weighted by atomic mass is 16.7. The number of hydrogen-bond donors (Lipinski definition) is 0. The highest BCUT2D eigenvalue weighted by Crippen LogP contribution is 2.18. The summed E-state index contributed by atoms with van der Waals surface area (Å²) in [7, 11) is 1.59. The zero-order valence-electron chi connectivity index (χ0n) is 10.3. The van der Waals surface area contributed by atoms with Gasteiger partial charge in [0.2, 0.25) is 0 Å². The van der Waals surface area contributed by atoms with Crippen molar-refractivity contribution in [2.75, 3.05) is 13.9 Å². The maximum Gasteiger partial charge on any atom is 0.188 e. The third-order valence-corrected chi connectivity index (χ3v) is 2.42. The summed E-state index contributed by atoms with van der Waals surface area (Å²) < 4.78 is 15.8. The van der Waals surface area contributed by atoms with Crippen molar-refractivity contribution in [2.24, 2.45) is 0 Å². The highest BCUT2D eigenvalue weighted by Gasteiger charge is 1.97. The summed E-state index contributed by atoms with van der Waals surface area (Å²) >= 11 is 0. The summed E-state index contributed by atoms with van der Waals surface area (Å²) in [5.74, 6) is 1.59. The monoisotopic (exact) mass is 244 g/mol. The summed E-state index contributed by atoms with van der Waals surface area (Å²) in [4.78, 5) is 0. The first kappa shape index (κ1) is 12.5. The second-order valence-electron chi connectivity index (χ2n) is 3.80. The molecular weight excluding hydrogens is 228 g/mol. The van der Waals surface area contributed by atoms with Gasteiger partial charge in [-0.25, -0.2) is 0 Å². The third-order valence-electron chi connectivity index (χ3n) is 2.42. The predicted octanol–water partition coefficient (Wildman–Crippen LogP) is 3.25. The molecule has 2 aromatic carbocycles. The Kier molecular flexibility index (Phi) is 4.61. The van der Waals surface area contributed by atoms with Gasteiger partial charge in [0, 0.05) is 7.11 Å². The fourth-order valence-electron chi connectivity index (χ4n) is 1.50. The van der Waals surface area contributed by atoms with Crippen molar-refractivity contribution in [1.29, 1.82) is 0 Å². The molecule has 0 saturated heterocycles. The van der Waals surface area contributed by atoms with E-state index in [9.17, 15) is 0 Å². The number of benzene rings is 2. The Labute approximate surface area is 107 Å². The minimum atomic E-state index is 0.254. The van der Waals surface area contributed by atoms with E-state index in [1.54, 1.807) is 7.11 Å². The molecule has 0 aliphatic heterocycles. The quantitative estimate of drug-likeness (QED) is 0.730. The van der Waals surface area contributed by atoms with Crippen LogP contribution in [-0.2, 0) is 11.3 Å². The van der Waals surface area contributed by atoms with Crippen LogP contribution in [0, 0.1) is 0 Å². The van der Waals surface area contributed by atoms with Gasteiger partial charge < -0.3 is 14.2 Å². The molecule has 0 aliphatic rings. The lowest BCUT2D eigenvalue weighted by Crippen LogP contribution is -1.99. The topological polar surface area (TPSA) is 27.7 Å². The van der Waals surface area contributed by atoms with Gasteiger partial charge in [0.15, 0.2) is 6.79 Å². The van der Waals surface area contributed by atoms with E-state index in [1.165, 1.54) is 0 Å². The van der Waals surface area contributed by atoms with Gasteiger partial charge in [-0.2, -0.15) is 0 Å². The number of hydrogen-bond acceptors (Lipinski definition) is 3. The summed E-state index contributed by atoms with van der Waals surface area (Å²) in [6.07, 6.45) is 0. The molecule has 0 N–H and O–H groups in total. The van der Waals surface area contributed by atoms with Crippen molar-refractivity contribution in [1.82, 2.24) is 0 Å². The zero-order valence-corrected chi connectivity index (χ0v) is 10.3. The van der Waals surface area contributed by atoms with Gasteiger partial charge in [0.05, 0.1) is 0 Å². The minimum Gasteiger partial charge on any atom is -0.489 e. The van der Waals surface area contributed by atoms with Crippen LogP contribution in [0.15, 0.2) is 54.6 Å². The van der Waals surface area contributed by atoms with Crippen LogP contribution < -0.4 is 9.47 Å². The van der Waals surface area contributed by atoms with E-state index in [4.69, 9.17) is 14.2 Å². The molecule has 0 saturated carbocycles. The second-order valence-corrected chi connectivity index (χ2v) is 3.80. The van der Waals surface area contributed by atoms with E-state index in [0.717, 1.165) is 17.1 Å². The van der Waals surface area contributed by atoms with E-state index in [1.807, 2.05) is 54.6 Å². The van der Waals surface area contributed by atoms with Gasteiger partial charge in [0.1, 0.15) is 18.1 Å². The SMILES string of the molecule is COCOc1ccc(OCc2ccccc2)cc1. The van der Waals surface area contributed by atoms with E-state index in [-0.39, 0.29) is 6.79 Å². The van der Waals surface area contributed by atoms with E-state index in [0.29, 0.717) is 6.61 Å². The third kappa shape index (κ3) is 3.79. The Morgan fingerprint density at radius 3 is 2.00 bits per heavy atom. The first-order valence-electron chi connectivity index (χ1n) is 5.77. The van der Waals surface area contributed by atoms with Crippen LogP contribution in [0.5, 0.6) is 11.5 Å². The Balaban J connectivity index is 1.86. The van der Waals surface area contributed by atoms with E-state index in [2.05, 4.69) is 0 Å². The van der Waals surface area contributed by atoms with Crippen LogP contribution in [0.4, 0.5) is 0 Å². The molecule has 0 bridgehead atoms. The molecule has 0 heterocycles. The lowest BCUT2D eigenvalue weighted by atomic mass is 10.2. The van der Waals surface area contributed by atoms with E-state index < -0.39 is 0 Å². The maximum absolute atomic E-state index is 5.66. The van der Waals surface area contributed by atoms with Crippen molar-refractivity contribution in [3.05, 3.63) is 60.2 Å². The Morgan fingerprint density at radius 2 is 1.39 bits per heavy atom. The maximum atomic E-state index is 5.66. The van der Waals surface area contributed by atoms with Gasteiger partial charge in [-0.05, 0) is 29.8 Å². The van der Waals surface area contributed by atoms with E-state index >= 15 is 0 Å². The zero-order chi connectivity index (χ0) is 12.6. The predicted molar refractivity (Wildman–Crippen MR) is 69.7 cm³/mol. The smallest absolute Gasteiger partial charge is 0.188 e. The van der Waals surface area contributed by atoms with Gasteiger partial charge in [-0.3, -0.25) is 0 Å². The number of rotatable bonds is 6. The molecule has 0 amide bonds. The van der Waals surface area contributed by atoms with Gasteiger partial charge >= 0.3 is 0 Å². The molecule has 0 spiro atoms. The number of ether oxygens (including phenoxy) is 3. The summed E-state index contributed by atoms with van der Waals surface area (Å²) in [5, 5.41) is 0. The molecule has 18 heavy (non-hydrogen) atoms. The average Bonchev–Trinajstić information content (AvgIpc) is 2.45. The largest absolute Gasteiger partial charge is 0.489 e. The van der Waals surface area contributed by atoms with Crippen molar-refractivity contribution >= 4 is 0 Å². The Morgan fingerprint density at radius 1 is 0.778 bits per heavy atom. The first-order valence-corrected chi connectivity index (χ1v) is 5.77. The molecule has 94 valence electrons. The average molecular weight is 244 g/mol. The fraction of sp³-hybridized carbons (Fsp3) is 0.200. The Bertz CT molecular complexity index is 451. The second kappa shape index (κ2) is 6.67. The van der Waals surface area contributed by atoms with Crippen LogP contribution in [0.25, 0.3) is 0 Å².